The van der Waals surface area contributed by atoms with Crippen LogP contribution in [0.3, 0.4) is 0 Å². The maximum atomic E-state index is 11.4. The predicted octanol–water partition coefficient (Wildman–Crippen LogP) is 2.79. The minimum Gasteiger partial charge on any atom is -0.481 e. The van der Waals surface area contributed by atoms with Gasteiger partial charge in [0.25, 0.3) is 0 Å². The molecule has 0 amide bonds. The summed E-state index contributed by atoms with van der Waals surface area (Å²) in [4.78, 5) is 20.2. The molecule has 0 bridgehead atoms. The first-order chi connectivity index (χ1) is 9.60. The Morgan fingerprint density at radius 2 is 2.10 bits per heavy atom. The Labute approximate surface area is 119 Å². The number of nitrogens with zero attached hydrogens (tertiary/aromatic N) is 2. The molecule has 1 heterocycles. The lowest BCUT2D eigenvalue weighted by molar-refractivity contribution is -0.142. The number of hydrogen-bond donors (Lipinski definition) is 2. The van der Waals surface area contributed by atoms with E-state index >= 15 is 0 Å². The molecule has 0 saturated heterocycles. The fourth-order valence-corrected chi connectivity index (χ4v) is 2.85. The third-order valence-corrected chi connectivity index (χ3v) is 3.92. The molecule has 2 unspecified atom stereocenters. The number of rotatable bonds is 4. The molecule has 1 aromatic rings. The summed E-state index contributed by atoms with van der Waals surface area (Å²) in [5.74, 6) is 0.462. The molecule has 1 aliphatic carbocycles. The SMILES string of the molecule is CCc1cc(NC2CCCCCC2C(=O)O)nc(C)n1. The number of carboxylic acids is 1. The zero-order valence-corrected chi connectivity index (χ0v) is 12.2. The number of hydrogen-bond acceptors (Lipinski definition) is 4. The molecule has 0 radical (unpaired) electrons. The molecule has 20 heavy (non-hydrogen) atoms. The number of nitrogens with one attached hydrogen (secondary N) is 1. The quantitative estimate of drug-likeness (QED) is 0.828. The van der Waals surface area contributed by atoms with Crippen LogP contribution in [-0.4, -0.2) is 27.1 Å². The van der Waals surface area contributed by atoms with Crippen molar-refractivity contribution in [1.82, 2.24) is 9.97 Å². The number of carboxylic acid groups (broad SMARTS) is 1. The van der Waals surface area contributed by atoms with E-state index in [0.717, 1.165) is 55.9 Å². The molecule has 110 valence electrons. The van der Waals surface area contributed by atoms with Gasteiger partial charge in [0, 0.05) is 17.8 Å². The van der Waals surface area contributed by atoms with E-state index in [9.17, 15) is 9.90 Å². The minimum atomic E-state index is -0.703. The lowest BCUT2D eigenvalue weighted by atomic mass is 9.95. The van der Waals surface area contributed by atoms with Crippen LogP contribution in [0.5, 0.6) is 0 Å². The molecule has 0 spiro atoms. The van der Waals surface area contributed by atoms with E-state index in [-0.39, 0.29) is 12.0 Å². The maximum Gasteiger partial charge on any atom is 0.308 e. The Bertz CT molecular complexity index is 476. The Morgan fingerprint density at radius 3 is 2.80 bits per heavy atom. The minimum absolute atomic E-state index is 0.0333. The third kappa shape index (κ3) is 3.68. The van der Waals surface area contributed by atoms with E-state index in [4.69, 9.17) is 0 Å². The van der Waals surface area contributed by atoms with Crippen molar-refractivity contribution in [2.45, 2.75) is 58.4 Å². The summed E-state index contributed by atoms with van der Waals surface area (Å²) in [5.41, 5.74) is 0.987. The molecule has 5 heteroatoms. The number of aromatic nitrogens is 2. The molecular formula is C15H23N3O2. The van der Waals surface area contributed by atoms with E-state index in [2.05, 4.69) is 22.2 Å². The Morgan fingerprint density at radius 1 is 1.35 bits per heavy atom. The van der Waals surface area contributed by atoms with Crippen molar-refractivity contribution in [2.75, 3.05) is 5.32 Å². The van der Waals surface area contributed by atoms with Crippen molar-refractivity contribution in [3.63, 3.8) is 0 Å². The average molecular weight is 277 g/mol. The first-order valence-corrected chi connectivity index (χ1v) is 7.44. The summed E-state index contributed by atoms with van der Waals surface area (Å²) >= 11 is 0. The van der Waals surface area contributed by atoms with Gasteiger partial charge in [-0.15, -0.1) is 0 Å². The molecule has 2 rings (SSSR count). The summed E-state index contributed by atoms with van der Waals surface area (Å²) in [6.45, 7) is 3.92. The maximum absolute atomic E-state index is 11.4. The van der Waals surface area contributed by atoms with Crippen LogP contribution in [0.25, 0.3) is 0 Å². The molecule has 5 nitrogen and oxygen atoms in total. The van der Waals surface area contributed by atoms with Gasteiger partial charge in [-0.1, -0.05) is 26.2 Å². The van der Waals surface area contributed by atoms with Gasteiger partial charge >= 0.3 is 5.97 Å². The van der Waals surface area contributed by atoms with Crippen molar-refractivity contribution in [1.29, 1.82) is 0 Å². The second-order valence-corrected chi connectivity index (χ2v) is 5.48. The summed E-state index contributed by atoms with van der Waals surface area (Å²) < 4.78 is 0. The molecule has 1 aromatic heterocycles. The van der Waals surface area contributed by atoms with E-state index in [1.165, 1.54) is 0 Å². The highest BCUT2D eigenvalue weighted by molar-refractivity contribution is 5.71. The highest BCUT2D eigenvalue weighted by atomic mass is 16.4. The lowest BCUT2D eigenvalue weighted by Gasteiger charge is -2.23. The van der Waals surface area contributed by atoms with Gasteiger partial charge in [0.15, 0.2) is 0 Å². The third-order valence-electron chi connectivity index (χ3n) is 3.92. The number of anilines is 1. The van der Waals surface area contributed by atoms with E-state index in [1.807, 2.05) is 13.0 Å². The molecule has 2 N–H and O–H groups in total. The molecule has 1 aliphatic rings. The molecule has 1 fully saturated rings. The molecule has 1 saturated carbocycles. The molecular weight excluding hydrogens is 254 g/mol. The van der Waals surface area contributed by atoms with Gasteiger partial charge in [-0.3, -0.25) is 4.79 Å². The number of carbonyl (C=O) groups is 1. The molecule has 0 aliphatic heterocycles. The summed E-state index contributed by atoms with van der Waals surface area (Å²) in [7, 11) is 0. The Kier molecular flexibility index (Phi) is 4.93. The van der Waals surface area contributed by atoms with Gasteiger partial charge in [-0.05, 0) is 26.2 Å². The smallest absolute Gasteiger partial charge is 0.308 e. The Hall–Kier alpha value is -1.65. The van der Waals surface area contributed by atoms with Crippen molar-refractivity contribution < 1.29 is 9.90 Å². The fraction of sp³-hybridized carbons (Fsp3) is 0.667. The summed E-state index contributed by atoms with van der Waals surface area (Å²) in [6.07, 6.45) is 5.68. The zero-order valence-electron chi connectivity index (χ0n) is 12.2. The van der Waals surface area contributed by atoms with Gasteiger partial charge in [-0.25, -0.2) is 9.97 Å². The number of aryl methyl sites for hydroxylation is 2. The van der Waals surface area contributed by atoms with Crippen LogP contribution >= 0.6 is 0 Å². The standard InChI is InChI=1S/C15H23N3O2/c1-3-11-9-14(17-10(2)16-11)18-13-8-6-4-5-7-12(13)15(19)20/h9,12-13H,3-8H2,1-2H3,(H,19,20)(H,16,17,18). The lowest BCUT2D eigenvalue weighted by Crippen LogP contribution is -2.34. The summed E-state index contributed by atoms with van der Waals surface area (Å²) in [5, 5.41) is 12.7. The van der Waals surface area contributed by atoms with Crippen LogP contribution in [-0.2, 0) is 11.2 Å². The van der Waals surface area contributed by atoms with Crippen molar-refractivity contribution >= 4 is 11.8 Å². The van der Waals surface area contributed by atoms with Crippen LogP contribution in [0.1, 0.15) is 50.5 Å². The van der Waals surface area contributed by atoms with E-state index in [1.54, 1.807) is 0 Å². The predicted molar refractivity (Wildman–Crippen MR) is 77.8 cm³/mol. The topological polar surface area (TPSA) is 75.1 Å². The van der Waals surface area contributed by atoms with Gasteiger partial charge < -0.3 is 10.4 Å². The monoisotopic (exact) mass is 277 g/mol. The highest BCUT2D eigenvalue weighted by Gasteiger charge is 2.29. The molecule has 2 atom stereocenters. The van der Waals surface area contributed by atoms with Crippen LogP contribution in [0.15, 0.2) is 6.07 Å². The van der Waals surface area contributed by atoms with E-state index < -0.39 is 5.97 Å². The largest absolute Gasteiger partial charge is 0.481 e. The van der Waals surface area contributed by atoms with Gasteiger partial charge in [0.1, 0.15) is 11.6 Å². The Balaban J connectivity index is 2.17. The second-order valence-electron chi connectivity index (χ2n) is 5.48. The summed E-state index contributed by atoms with van der Waals surface area (Å²) in [6, 6.07) is 1.89. The molecule has 0 aromatic carbocycles. The van der Waals surface area contributed by atoms with E-state index in [0.29, 0.717) is 0 Å². The fourth-order valence-electron chi connectivity index (χ4n) is 2.85. The number of aliphatic carboxylic acids is 1. The zero-order chi connectivity index (χ0) is 14.5. The first-order valence-electron chi connectivity index (χ1n) is 7.44. The van der Waals surface area contributed by atoms with Gasteiger partial charge in [0.05, 0.1) is 5.92 Å². The van der Waals surface area contributed by atoms with Gasteiger partial charge in [0.2, 0.25) is 0 Å². The van der Waals surface area contributed by atoms with Crippen LogP contribution < -0.4 is 5.32 Å². The van der Waals surface area contributed by atoms with Crippen LogP contribution in [0, 0.1) is 12.8 Å². The second kappa shape index (κ2) is 6.68. The highest BCUT2D eigenvalue weighted by Crippen LogP contribution is 2.26. The normalized spacial score (nSPS) is 23.1. The van der Waals surface area contributed by atoms with Gasteiger partial charge in [-0.2, -0.15) is 0 Å². The first kappa shape index (κ1) is 14.8. The van der Waals surface area contributed by atoms with Crippen LogP contribution in [0.2, 0.25) is 0 Å². The van der Waals surface area contributed by atoms with Crippen LogP contribution in [0.4, 0.5) is 5.82 Å². The van der Waals surface area contributed by atoms with Crippen molar-refractivity contribution in [2.24, 2.45) is 5.92 Å². The average Bonchev–Trinajstić information content (AvgIpc) is 2.63. The van der Waals surface area contributed by atoms with Crippen molar-refractivity contribution in [3.8, 4) is 0 Å². The van der Waals surface area contributed by atoms with Crippen molar-refractivity contribution in [3.05, 3.63) is 17.6 Å².